The minimum absolute atomic E-state index is 0.224. The number of hydrogen-bond donors (Lipinski definition) is 2. The lowest BCUT2D eigenvalue weighted by molar-refractivity contribution is -0.128. The van der Waals surface area contributed by atoms with Gasteiger partial charge in [-0.05, 0) is 31.9 Å². The third-order valence-corrected chi connectivity index (χ3v) is 3.79. The van der Waals surface area contributed by atoms with Crippen molar-refractivity contribution in [1.29, 1.82) is 0 Å². The molecule has 0 spiro atoms. The normalized spacial score (nSPS) is 24.0. The van der Waals surface area contributed by atoms with Gasteiger partial charge in [-0.25, -0.2) is 4.39 Å². The number of benzene rings is 1. The first-order valence-corrected chi connectivity index (χ1v) is 7.47. The van der Waals surface area contributed by atoms with Crippen LogP contribution < -0.4 is 10.1 Å². The quantitative estimate of drug-likeness (QED) is 0.839. The zero-order valence-electron chi connectivity index (χ0n) is 12.2. The average molecular weight is 295 g/mol. The number of carbonyl (C=O) groups excluding carboxylic acids is 1. The second-order valence-electron chi connectivity index (χ2n) is 5.54. The van der Waals surface area contributed by atoms with E-state index >= 15 is 0 Å². The van der Waals surface area contributed by atoms with E-state index in [1.807, 2.05) is 0 Å². The summed E-state index contributed by atoms with van der Waals surface area (Å²) in [6, 6.07) is 5.47. The lowest BCUT2D eigenvalue weighted by Crippen LogP contribution is -2.47. The van der Waals surface area contributed by atoms with Crippen molar-refractivity contribution in [3.63, 3.8) is 0 Å². The van der Waals surface area contributed by atoms with Crippen LogP contribution >= 0.6 is 0 Å². The van der Waals surface area contributed by atoms with E-state index in [1.54, 1.807) is 13.0 Å². The molecule has 0 bridgehead atoms. The second kappa shape index (κ2) is 7.41. The lowest BCUT2D eigenvalue weighted by atomic mass is 10.1. The van der Waals surface area contributed by atoms with Gasteiger partial charge in [0.05, 0.1) is 12.1 Å². The zero-order chi connectivity index (χ0) is 15.2. The van der Waals surface area contributed by atoms with E-state index < -0.39 is 18.0 Å². The van der Waals surface area contributed by atoms with E-state index in [9.17, 15) is 14.3 Å². The SMILES string of the molecule is CC(Oc1cccc(F)c1)C(=O)NC1CCCCCC1O. The molecule has 5 heteroatoms. The van der Waals surface area contributed by atoms with Crippen molar-refractivity contribution in [3.05, 3.63) is 30.1 Å². The Bertz CT molecular complexity index is 480. The average Bonchev–Trinajstić information content (AvgIpc) is 2.64. The number of halogens is 1. The first-order valence-electron chi connectivity index (χ1n) is 7.47. The molecule has 1 saturated carbocycles. The van der Waals surface area contributed by atoms with Crippen LogP contribution in [0.5, 0.6) is 5.75 Å². The first-order chi connectivity index (χ1) is 10.1. The van der Waals surface area contributed by atoms with Crippen LogP contribution in [0.4, 0.5) is 4.39 Å². The van der Waals surface area contributed by atoms with Gasteiger partial charge in [-0.2, -0.15) is 0 Å². The van der Waals surface area contributed by atoms with Gasteiger partial charge in [0.1, 0.15) is 11.6 Å². The number of carbonyl (C=O) groups is 1. The molecule has 0 saturated heterocycles. The van der Waals surface area contributed by atoms with Crippen molar-refractivity contribution >= 4 is 5.91 Å². The maximum Gasteiger partial charge on any atom is 0.261 e. The third-order valence-electron chi connectivity index (χ3n) is 3.79. The fourth-order valence-electron chi connectivity index (χ4n) is 2.55. The summed E-state index contributed by atoms with van der Waals surface area (Å²) < 4.78 is 18.5. The van der Waals surface area contributed by atoms with E-state index in [0.29, 0.717) is 12.2 Å². The van der Waals surface area contributed by atoms with Crippen molar-refractivity contribution < 1.29 is 19.0 Å². The molecular formula is C16H22FNO3. The minimum Gasteiger partial charge on any atom is -0.481 e. The molecule has 1 aliphatic carbocycles. The summed E-state index contributed by atoms with van der Waals surface area (Å²) >= 11 is 0. The van der Waals surface area contributed by atoms with Gasteiger partial charge in [0.25, 0.3) is 5.91 Å². The molecule has 0 aliphatic heterocycles. The van der Waals surface area contributed by atoms with Crippen LogP contribution in [0.15, 0.2) is 24.3 Å². The van der Waals surface area contributed by atoms with Crippen LogP contribution in [-0.4, -0.2) is 29.3 Å². The second-order valence-corrected chi connectivity index (χ2v) is 5.54. The largest absolute Gasteiger partial charge is 0.481 e. The van der Waals surface area contributed by atoms with Crippen LogP contribution in [0.3, 0.4) is 0 Å². The Kier molecular flexibility index (Phi) is 5.56. The molecule has 3 unspecified atom stereocenters. The molecule has 1 aromatic carbocycles. The summed E-state index contributed by atoms with van der Waals surface area (Å²) in [4.78, 5) is 12.1. The van der Waals surface area contributed by atoms with Gasteiger partial charge < -0.3 is 15.2 Å². The summed E-state index contributed by atoms with van der Waals surface area (Å²) in [5, 5.41) is 12.8. The molecular weight excluding hydrogens is 273 g/mol. The number of rotatable bonds is 4. The van der Waals surface area contributed by atoms with Gasteiger partial charge in [-0.3, -0.25) is 4.79 Å². The monoisotopic (exact) mass is 295 g/mol. The highest BCUT2D eigenvalue weighted by atomic mass is 19.1. The Hall–Kier alpha value is -1.62. The predicted molar refractivity (Wildman–Crippen MR) is 77.5 cm³/mol. The van der Waals surface area contributed by atoms with Crippen molar-refractivity contribution in [2.45, 2.75) is 57.3 Å². The Balaban J connectivity index is 1.89. The van der Waals surface area contributed by atoms with Gasteiger partial charge >= 0.3 is 0 Å². The van der Waals surface area contributed by atoms with E-state index in [1.165, 1.54) is 18.2 Å². The van der Waals surface area contributed by atoms with Crippen molar-refractivity contribution in [2.24, 2.45) is 0 Å². The summed E-state index contributed by atoms with van der Waals surface area (Å²) in [6.45, 7) is 1.61. The number of ether oxygens (including phenoxy) is 1. The zero-order valence-corrected chi connectivity index (χ0v) is 12.2. The summed E-state index contributed by atoms with van der Waals surface area (Å²) in [7, 11) is 0. The molecule has 0 heterocycles. The third kappa shape index (κ3) is 4.70. The first kappa shape index (κ1) is 15.8. The summed E-state index contributed by atoms with van der Waals surface area (Å²) in [5.74, 6) is -0.372. The van der Waals surface area contributed by atoms with Gasteiger partial charge in [-0.1, -0.05) is 25.3 Å². The van der Waals surface area contributed by atoms with E-state index in [4.69, 9.17) is 4.74 Å². The lowest BCUT2D eigenvalue weighted by Gasteiger charge is -2.24. The topological polar surface area (TPSA) is 58.6 Å². The van der Waals surface area contributed by atoms with Crippen LogP contribution in [0.25, 0.3) is 0 Å². The molecule has 116 valence electrons. The van der Waals surface area contributed by atoms with Crippen molar-refractivity contribution in [1.82, 2.24) is 5.32 Å². The van der Waals surface area contributed by atoms with Crippen LogP contribution in [0.1, 0.15) is 39.0 Å². The Morgan fingerprint density at radius 1 is 1.38 bits per heavy atom. The molecule has 1 amide bonds. The highest BCUT2D eigenvalue weighted by Gasteiger charge is 2.25. The molecule has 1 fully saturated rings. The molecule has 2 rings (SSSR count). The molecule has 3 atom stereocenters. The molecule has 21 heavy (non-hydrogen) atoms. The van der Waals surface area contributed by atoms with Crippen molar-refractivity contribution in [3.8, 4) is 5.75 Å². The Morgan fingerprint density at radius 2 is 2.14 bits per heavy atom. The minimum atomic E-state index is -0.734. The van der Waals surface area contributed by atoms with Gasteiger partial charge in [-0.15, -0.1) is 0 Å². The molecule has 0 radical (unpaired) electrons. The standard InChI is InChI=1S/C16H22FNO3/c1-11(21-13-7-5-6-12(17)10-13)16(20)18-14-8-3-2-4-9-15(14)19/h5-7,10-11,14-15,19H,2-4,8-9H2,1H3,(H,18,20). The number of amides is 1. The summed E-state index contributed by atoms with van der Waals surface area (Å²) in [6.07, 6.45) is 3.33. The van der Waals surface area contributed by atoms with Crippen LogP contribution in [0.2, 0.25) is 0 Å². The highest BCUT2D eigenvalue weighted by molar-refractivity contribution is 5.81. The van der Waals surface area contributed by atoms with Crippen LogP contribution in [-0.2, 0) is 4.79 Å². The van der Waals surface area contributed by atoms with Gasteiger partial charge in [0.15, 0.2) is 6.10 Å². The van der Waals surface area contributed by atoms with Crippen LogP contribution in [0, 0.1) is 5.82 Å². The van der Waals surface area contributed by atoms with Crippen molar-refractivity contribution in [2.75, 3.05) is 0 Å². The molecule has 1 aromatic rings. The summed E-state index contributed by atoms with van der Waals surface area (Å²) in [5.41, 5.74) is 0. The Morgan fingerprint density at radius 3 is 2.90 bits per heavy atom. The molecule has 0 aromatic heterocycles. The molecule has 1 aliphatic rings. The maximum atomic E-state index is 13.1. The smallest absolute Gasteiger partial charge is 0.261 e. The van der Waals surface area contributed by atoms with Gasteiger partial charge in [0.2, 0.25) is 0 Å². The fourth-order valence-corrected chi connectivity index (χ4v) is 2.55. The molecule has 2 N–H and O–H groups in total. The number of aliphatic hydroxyl groups is 1. The van der Waals surface area contributed by atoms with E-state index in [-0.39, 0.29) is 11.9 Å². The van der Waals surface area contributed by atoms with E-state index in [2.05, 4.69) is 5.32 Å². The van der Waals surface area contributed by atoms with E-state index in [0.717, 1.165) is 25.7 Å². The Labute approximate surface area is 124 Å². The van der Waals surface area contributed by atoms with Gasteiger partial charge in [0, 0.05) is 6.07 Å². The highest BCUT2D eigenvalue weighted by Crippen LogP contribution is 2.19. The number of hydrogen-bond acceptors (Lipinski definition) is 3. The number of aliphatic hydroxyl groups excluding tert-OH is 1. The maximum absolute atomic E-state index is 13.1. The predicted octanol–water partition coefficient (Wildman–Crippen LogP) is 2.40. The number of nitrogens with one attached hydrogen (secondary N) is 1. The molecule has 4 nitrogen and oxygen atoms in total. The fraction of sp³-hybridized carbons (Fsp3) is 0.562.